The van der Waals surface area contributed by atoms with Crippen molar-refractivity contribution in [3.05, 3.63) is 42.0 Å². The molecule has 9 nitrogen and oxygen atoms in total. The summed E-state index contributed by atoms with van der Waals surface area (Å²) in [6, 6.07) is 9.35. The zero-order chi connectivity index (χ0) is 28.8. The predicted molar refractivity (Wildman–Crippen MR) is 140 cm³/mol. The van der Waals surface area contributed by atoms with Crippen LogP contribution in [0, 0.1) is 17.3 Å². The molecule has 2 bridgehead atoms. The van der Waals surface area contributed by atoms with Crippen LogP contribution in [0.4, 0.5) is 0 Å². The third-order valence-electron chi connectivity index (χ3n) is 8.71. The monoisotopic (exact) mass is 542 g/mol. The average molecular weight is 543 g/mol. The lowest BCUT2D eigenvalue weighted by Crippen LogP contribution is -2.76. The predicted octanol–water partition coefficient (Wildman–Crippen LogP) is 4.02. The van der Waals surface area contributed by atoms with E-state index in [1.807, 2.05) is 58.0 Å². The highest BCUT2D eigenvalue weighted by molar-refractivity contribution is 5.87. The van der Waals surface area contributed by atoms with Gasteiger partial charge in [-0.3, -0.25) is 14.4 Å². The van der Waals surface area contributed by atoms with Gasteiger partial charge in [-0.05, 0) is 51.2 Å². The summed E-state index contributed by atoms with van der Waals surface area (Å²) >= 11 is 0. The van der Waals surface area contributed by atoms with Gasteiger partial charge >= 0.3 is 23.9 Å². The van der Waals surface area contributed by atoms with Gasteiger partial charge < -0.3 is 23.7 Å². The molecule has 1 saturated heterocycles. The third-order valence-corrected chi connectivity index (χ3v) is 8.71. The standard InChI is InChI=1S/C30H38O9/c1-17-15-23(35-18(2)31)27(37-20(4)33)29(7)24(38-25(34)14-13-21-11-9-8-10-12-21)16-22-26(36-19(3)32)30(17,29)39-28(22,5)6/h8-14,17,22-24,26-27H,15-16H2,1-7H3/b14-13+/t17-,22-,23+,24+,26-,27+,29-,30-/m1/s1. The summed E-state index contributed by atoms with van der Waals surface area (Å²) in [4.78, 5) is 50.1. The van der Waals surface area contributed by atoms with Crippen LogP contribution in [0.5, 0.6) is 0 Å². The molecule has 1 heterocycles. The lowest BCUT2D eigenvalue weighted by molar-refractivity contribution is -0.306. The zero-order valence-corrected chi connectivity index (χ0v) is 23.6. The molecule has 0 radical (unpaired) electrons. The lowest BCUT2D eigenvalue weighted by atomic mass is 9.48. The van der Waals surface area contributed by atoms with E-state index in [1.165, 1.54) is 26.8 Å². The summed E-state index contributed by atoms with van der Waals surface area (Å²) in [7, 11) is 0. The molecule has 0 aromatic heterocycles. The maximum absolute atomic E-state index is 13.2. The maximum Gasteiger partial charge on any atom is 0.331 e. The number of benzene rings is 1. The Morgan fingerprint density at radius 1 is 0.846 bits per heavy atom. The van der Waals surface area contributed by atoms with E-state index in [1.54, 1.807) is 6.08 Å². The van der Waals surface area contributed by atoms with E-state index in [0.29, 0.717) is 6.42 Å². The van der Waals surface area contributed by atoms with Crippen molar-refractivity contribution >= 4 is 30.0 Å². The highest BCUT2D eigenvalue weighted by Gasteiger charge is 2.80. The summed E-state index contributed by atoms with van der Waals surface area (Å²) in [6.07, 6.45) is 0.236. The molecule has 1 aromatic rings. The molecule has 8 atom stereocenters. The lowest BCUT2D eigenvalue weighted by Gasteiger charge is -2.62. The molecule has 212 valence electrons. The van der Waals surface area contributed by atoms with Crippen LogP contribution in [0.25, 0.3) is 6.08 Å². The van der Waals surface area contributed by atoms with Crippen molar-refractivity contribution < 1.29 is 42.9 Å². The number of carbonyl (C=O) groups excluding carboxylic acids is 4. The second kappa shape index (κ2) is 10.4. The van der Waals surface area contributed by atoms with Gasteiger partial charge in [0, 0.05) is 32.8 Å². The highest BCUT2D eigenvalue weighted by Crippen LogP contribution is 2.67. The van der Waals surface area contributed by atoms with Crippen LogP contribution >= 0.6 is 0 Å². The Labute approximate surface area is 229 Å². The average Bonchev–Trinajstić information content (AvgIpc) is 3.01. The van der Waals surface area contributed by atoms with Crippen LogP contribution in [0.1, 0.15) is 66.9 Å². The Hall–Kier alpha value is -3.20. The zero-order valence-electron chi connectivity index (χ0n) is 23.6. The summed E-state index contributed by atoms with van der Waals surface area (Å²) in [5.74, 6) is -2.79. The van der Waals surface area contributed by atoms with Gasteiger partial charge in [0.05, 0.1) is 11.0 Å². The van der Waals surface area contributed by atoms with E-state index in [2.05, 4.69) is 0 Å². The molecule has 2 aliphatic carbocycles. The van der Waals surface area contributed by atoms with Crippen LogP contribution in [-0.2, 0) is 42.9 Å². The molecule has 9 heteroatoms. The van der Waals surface area contributed by atoms with Crippen LogP contribution in [-0.4, -0.2) is 59.5 Å². The first-order chi connectivity index (χ1) is 18.2. The number of fused-ring (bicyclic) bond motifs is 1. The number of hydrogen-bond acceptors (Lipinski definition) is 9. The minimum Gasteiger partial charge on any atom is -0.459 e. The van der Waals surface area contributed by atoms with Crippen LogP contribution < -0.4 is 0 Å². The first-order valence-corrected chi connectivity index (χ1v) is 13.4. The molecule has 1 aromatic carbocycles. The van der Waals surface area contributed by atoms with Crippen LogP contribution in [0.2, 0.25) is 0 Å². The Kier molecular flexibility index (Phi) is 7.69. The highest BCUT2D eigenvalue weighted by atomic mass is 16.6. The van der Waals surface area contributed by atoms with Crippen molar-refractivity contribution in [1.82, 2.24) is 0 Å². The molecular formula is C30H38O9. The van der Waals surface area contributed by atoms with E-state index < -0.39 is 64.9 Å². The fourth-order valence-electron chi connectivity index (χ4n) is 7.26. The molecule has 1 aliphatic heterocycles. The van der Waals surface area contributed by atoms with Crippen molar-refractivity contribution in [2.45, 2.75) is 96.9 Å². The topological polar surface area (TPSA) is 114 Å². The normalized spacial score (nSPS) is 36.5. The minimum absolute atomic E-state index is 0.283. The summed E-state index contributed by atoms with van der Waals surface area (Å²) in [5.41, 5.74) is -2.36. The number of ether oxygens (including phenoxy) is 5. The van der Waals surface area contributed by atoms with Crippen LogP contribution in [0.15, 0.2) is 36.4 Å². The van der Waals surface area contributed by atoms with Crippen molar-refractivity contribution in [2.24, 2.45) is 17.3 Å². The SMILES string of the molecule is CC(=O)O[C@H]1C[C@@H](C)[C@]23OC(C)(C)[C@H](C[C@H](OC(=O)/C=C/c4ccccc4)[C@]2(C)[C@H]1OC(C)=O)[C@H]3OC(C)=O. The first-order valence-electron chi connectivity index (χ1n) is 13.4. The smallest absolute Gasteiger partial charge is 0.331 e. The van der Waals surface area contributed by atoms with Crippen molar-refractivity contribution in [2.75, 3.05) is 0 Å². The van der Waals surface area contributed by atoms with Gasteiger partial charge in [-0.25, -0.2) is 4.79 Å². The largest absolute Gasteiger partial charge is 0.459 e. The van der Waals surface area contributed by atoms with Gasteiger partial charge in [-0.1, -0.05) is 37.3 Å². The molecule has 4 rings (SSSR count). The van der Waals surface area contributed by atoms with Gasteiger partial charge in [0.2, 0.25) is 0 Å². The molecule has 1 spiro atoms. The van der Waals surface area contributed by atoms with E-state index >= 15 is 0 Å². The van der Waals surface area contributed by atoms with Gasteiger partial charge in [-0.2, -0.15) is 0 Å². The fourth-order valence-corrected chi connectivity index (χ4v) is 7.26. The van der Waals surface area contributed by atoms with Crippen molar-refractivity contribution in [3.63, 3.8) is 0 Å². The minimum atomic E-state index is -1.24. The summed E-state index contributed by atoms with van der Waals surface area (Å²) in [6.45, 7) is 11.5. The fraction of sp³-hybridized carbons (Fsp3) is 0.600. The van der Waals surface area contributed by atoms with E-state index in [4.69, 9.17) is 23.7 Å². The van der Waals surface area contributed by atoms with Gasteiger partial charge in [0.15, 0.2) is 6.10 Å². The maximum atomic E-state index is 13.2. The molecule has 0 unspecified atom stereocenters. The van der Waals surface area contributed by atoms with Gasteiger partial charge in [-0.15, -0.1) is 0 Å². The first kappa shape index (κ1) is 28.8. The molecule has 2 saturated carbocycles. The number of carbonyl (C=O) groups is 4. The summed E-state index contributed by atoms with van der Waals surface area (Å²) in [5, 5.41) is 0. The van der Waals surface area contributed by atoms with E-state index in [-0.39, 0.29) is 18.3 Å². The molecule has 3 fully saturated rings. The Morgan fingerprint density at radius 2 is 1.44 bits per heavy atom. The molecule has 39 heavy (non-hydrogen) atoms. The van der Waals surface area contributed by atoms with Gasteiger partial charge in [0.1, 0.15) is 23.9 Å². The Bertz CT molecular complexity index is 1160. The second-order valence-electron chi connectivity index (χ2n) is 11.6. The third kappa shape index (κ3) is 4.97. The quantitative estimate of drug-likeness (QED) is 0.299. The van der Waals surface area contributed by atoms with Crippen molar-refractivity contribution in [1.29, 1.82) is 0 Å². The number of esters is 4. The van der Waals surface area contributed by atoms with Crippen molar-refractivity contribution in [3.8, 4) is 0 Å². The summed E-state index contributed by atoms with van der Waals surface area (Å²) < 4.78 is 30.6. The Morgan fingerprint density at radius 3 is 2.03 bits per heavy atom. The molecule has 3 aliphatic rings. The molecule has 0 amide bonds. The second-order valence-corrected chi connectivity index (χ2v) is 11.6. The van der Waals surface area contributed by atoms with E-state index in [0.717, 1.165) is 5.56 Å². The molecular weight excluding hydrogens is 504 g/mol. The number of hydrogen-bond donors (Lipinski definition) is 0. The van der Waals surface area contributed by atoms with Gasteiger partial charge in [0.25, 0.3) is 0 Å². The molecule has 0 N–H and O–H groups in total. The van der Waals surface area contributed by atoms with E-state index in [9.17, 15) is 19.2 Å². The Balaban J connectivity index is 1.83. The number of rotatable bonds is 6. The van der Waals surface area contributed by atoms with Crippen LogP contribution in [0.3, 0.4) is 0 Å².